The van der Waals surface area contributed by atoms with E-state index in [1.165, 1.54) is 24.3 Å². The predicted molar refractivity (Wildman–Crippen MR) is 109 cm³/mol. The minimum absolute atomic E-state index is 0.0215. The molecule has 8 nitrogen and oxygen atoms in total. The first-order valence-electron chi connectivity index (χ1n) is 9.01. The van der Waals surface area contributed by atoms with Crippen molar-refractivity contribution in [2.45, 2.75) is 23.9 Å². The van der Waals surface area contributed by atoms with Crippen molar-refractivity contribution in [2.75, 3.05) is 33.2 Å². The summed E-state index contributed by atoms with van der Waals surface area (Å²) in [7, 11) is -1.71. The zero-order valence-electron chi connectivity index (χ0n) is 15.8. The number of rotatable bonds is 7. The van der Waals surface area contributed by atoms with E-state index in [0.717, 1.165) is 31.1 Å². The molecule has 1 aromatic carbocycles. The minimum atomic E-state index is -3.79. The van der Waals surface area contributed by atoms with E-state index in [1.54, 1.807) is 11.3 Å². The maximum absolute atomic E-state index is 12.8. The van der Waals surface area contributed by atoms with Crippen LogP contribution in [0.15, 0.2) is 46.7 Å². The van der Waals surface area contributed by atoms with Crippen molar-refractivity contribution in [1.82, 2.24) is 14.5 Å². The molecule has 2 aromatic rings. The molecule has 1 aromatic heterocycles. The number of thiophene rings is 1. The van der Waals surface area contributed by atoms with E-state index in [4.69, 9.17) is 0 Å². The molecule has 0 spiro atoms. The van der Waals surface area contributed by atoms with Gasteiger partial charge in [0, 0.05) is 49.2 Å². The number of hydrogen-bond donors (Lipinski definition) is 1. The summed E-state index contributed by atoms with van der Waals surface area (Å²) in [5, 5.41) is 12.8. The summed E-state index contributed by atoms with van der Waals surface area (Å²) in [6.07, 6.45) is 0. The molecule has 0 bridgehead atoms. The highest BCUT2D eigenvalue weighted by atomic mass is 32.2. The van der Waals surface area contributed by atoms with Crippen LogP contribution in [-0.2, 0) is 10.0 Å². The molecule has 0 aliphatic carbocycles. The number of piperazine rings is 1. The Morgan fingerprint density at radius 3 is 2.32 bits per heavy atom. The molecule has 10 heteroatoms. The van der Waals surface area contributed by atoms with Crippen LogP contribution in [0.2, 0.25) is 0 Å². The smallest absolute Gasteiger partial charge is 0.269 e. The van der Waals surface area contributed by atoms with Gasteiger partial charge in [0.25, 0.3) is 5.69 Å². The lowest BCUT2D eigenvalue weighted by Crippen LogP contribution is -2.51. The Hall–Kier alpha value is -1.85. The number of sulfonamides is 1. The SMILES string of the molecule is C[C@@H](NS(=O)(=O)c1ccc([N+](=O)[O-])cc1)[C@H](c1cccs1)N1CCN(C)CC1. The highest BCUT2D eigenvalue weighted by Crippen LogP contribution is 2.30. The first-order chi connectivity index (χ1) is 13.3. The highest BCUT2D eigenvalue weighted by Gasteiger charge is 2.32. The minimum Gasteiger partial charge on any atom is -0.304 e. The van der Waals surface area contributed by atoms with Crippen molar-refractivity contribution in [1.29, 1.82) is 0 Å². The summed E-state index contributed by atoms with van der Waals surface area (Å²) >= 11 is 1.62. The molecule has 0 radical (unpaired) electrons. The summed E-state index contributed by atoms with van der Waals surface area (Å²) < 4.78 is 28.4. The third-order valence-corrected chi connectivity index (χ3v) is 7.46. The van der Waals surface area contributed by atoms with Gasteiger partial charge in [0.05, 0.1) is 15.9 Å². The average Bonchev–Trinajstić information content (AvgIpc) is 3.17. The number of hydrogen-bond acceptors (Lipinski definition) is 7. The van der Waals surface area contributed by atoms with Crippen molar-refractivity contribution in [2.24, 2.45) is 0 Å². The van der Waals surface area contributed by atoms with E-state index in [9.17, 15) is 18.5 Å². The van der Waals surface area contributed by atoms with Gasteiger partial charge in [-0.15, -0.1) is 11.3 Å². The highest BCUT2D eigenvalue weighted by molar-refractivity contribution is 7.89. The third-order valence-electron chi connectivity index (χ3n) is 4.94. The van der Waals surface area contributed by atoms with E-state index in [1.807, 2.05) is 24.4 Å². The Morgan fingerprint density at radius 2 is 1.79 bits per heavy atom. The number of nitrogens with zero attached hydrogens (tertiary/aromatic N) is 3. The molecule has 1 aliphatic heterocycles. The van der Waals surface area contributed by atoms with Gasteiger partial charge in [0.15, 0.2) is 0 Å². The van der Waals surface area contributed by atoms with Crippen LogP contribution >= 0.6 is 11.3 Å². The summed E-state index contributed by atoms with van der Waals surface area (Å²) in [6.45, 7) is 5.46. The number of benzene rings is 1. The average molecular weight is 425 g/mol. The first kappa shape index (κ1) is 20.9. The molecule has 2 heterocycles. The molecule has 152 valence electrons. The molecule has 2 atom stereocenters. The lowest BCUT2D eigenvalue weighted by atomic mass is 10.1. The van der Waals surface area contributed by atoms with Gasteiger partial charge < -0.3 is 4.90 Å². The van der Waals surface area contributed by atoms with Crippen molar-refractivity contribution >= 4 is 27.0 Å². The van der Waals surface area contributed by atoms with E-state index in [2.05, 4.69) is 21.6 Å². The standard InChI is InChI=1S/C18H24N4O4S2/c1-14(19-28(25,26)16-7-5-15(6-8-16)22(23)24)18(17-4-3-13-27-17)21-11-9-20(2)10-12-21/h3-8,13-14,18-19H,9-12H2,1-2H3/t14-,18-/m1/s1. The molecule has 0 saturated carbocycles. The Bertz CT molecular complexity index is 892. The molecule has 1 saturated heterocycles. The normalized spacial score (nSPS) is 18.6. The maximum Gasteiger partial charge on any atom is 0.269 e. The number of likely N-dealkylation sites (N-methyl/N-ethyl adjacent to an activating group) is 1. The lowest BCUT2D eigenvalue weighted by molar-refractivity contribution is -0.384. The molecule has 1 N–H and O–H groups in total. The van der Waals surface area contributed by atoms with E-state index < -0.39 is 14.9 Å². The fourth-order valence-electron chi connectivity index (χ4n) is 3.43. The summed E-state index contributed by atoms with van der Waals surface area (Å²) in [5.74, 6) is 0. The lowest BCUT2D eigenvalue weighted by Gasteiger charge is -2.40. The van der Waals surface area contributed by atoms with Gasteiger partial charge in [-0.1, -0.05) is 6.07 Å². The second-order valence-electron chi connectivity index (χ2n) is 6.96. The topological polar surface area (TPSA) is 95.8 Å². The second-order valence-corrected chi connectivity index (χ2v) is 9.65. The fourth-order valence-corrected chi connectivity index (χ4v) is 5.64. The zero-order valence-corrected chi connectivity index (χ0v) is 17.4. The van der Waals surface area contributed by atoms with Gasteiger partial charge in [-0.05, 0) is 37.6 Å². The maximum atomic E-state index is 12.8. The largest absolute Gasteiger partial charge is 0.304 e. The predicted octanol–water partition coefficient (Wildman–Crippen LogP) is 2.31. The molecule has 0 amide bonds. The molecule has 0 unspecified atom stereocenters. The third kappa shape index (κ3) is 4.76. The first-order valence-corrected chi connectivity index (χ1v) is 11.4. The zero-order chi connectivity index (χ0) is 20.3. The number of nitro groups is 1. The van der Waals surface area contributed by atoms with Gasteiger partial charge in [0.1, 0.15) is 0 Å². The molecular formula is C18H24N4O4S2. The second kappa shape index (κ2) is 8.66. The van der Waals surface area contributed by atoms with Gasteiger partial charge in [0.2, 0.25) is 10.0 Å². The van der Waals surface area contributed by atoms with Crippen LogP contribution in [0.1, 0.15) is 17.8 Å². The van der Waals surface area contributed by atoms with Gasteiger partial charge >= 0.3 is 0 Å². The van der Waals surface area contributed by atoms with Crippen LogP contribution < -0.4 is 4.72 Å². The van der Waals surface area contributed by atoms with Crippen molar-refractivity contribution in [3.8, 4) is 0 Å². The van der Waals surface area contributed by atoms with Crippen LogP contribution in [0.5, 0.6) is 0 Å². The van der Waals surface area contributed by atoms with E-state index in [0.29, 0.717) is 0 Å². The van der Waals surface area contributed by atoms with Crippen molar-refractivity contribution in [3.63, 3.8) is 0 Å². The number of nitrogens with one attached hydrogen (secondary N) is 1. The molecule has 28 heavy (non-hydrogen) atoms. The summed E-state index contributed by atoms with van der Waals surface area (Å²) in [6, 6.07) is 8.52. The van der Waals surface area contributed by atoms with Gasteiger partial charge in [-0.2, -0.15) is 0 Å². The molecule has 3 rings (SSSR count). The van der Waals surface area contributed by atoms with Crippen LogP contribution in [0.3, 0.4) is 0 Å². The molecule has 1 aliphatic rings. The van der Waals surface area contributed by atoms with Crippen LogP contribution in [0, 0.1) is 10.1 Å². The molecule has 1 fully saturated rings. The molecular weight excluding hydrogens is 400 g/mol. The Kier molecular flexibility index (Phi) is 6.46. The van der Waals surface area contributed by atoms with Crippen molar-refractivity contribution in [3.05, 3.63) is 56.8 Å². The summed E-state index contributed by atoms with van der Waals surface area (Å²) in [5.41, 5.74) is -0.138. The Morgan fingerprint density at radius 1 is 1.14 bits per heavy atom. The van der Waals surface area contributed by atoms with Gasteiger partial charge in [-0.25, -0.2) is 13.1 Å². The van der Waals surface area contributed by atoms with Crippen LogP contribution in [-0.4, -0.2) is 62.4 Å². The monoisotopic (exact) mass is 424 g/mol. The van der Waals surface area contributed by atoms with Crippen LogP contribution in [0.25, 0.3) is 0 Å². The summed E-state index contributed by atoms with van der Waals surface area (Å²) in [4.78, 5) is 16.0. The van der Waals surface area contributed by atoms with Crippen molar-refractivity contribution < 1.29 is 13.3 Å². The fraction of sp³-hybridized carbons (Fsp3) is 0.444. The number of non-ortho nitro benzene ring substituents is 1. The quantitative estimate of drug-likeness (QED) is 0.541. The Labute approximate surface area is 169 Å². The Balaban J connectivity index is 1.80. The van der Waals surface area contributed by atoms with Crippen LogP contribution in [0.4, 0.5) is 5.69 Å². The van der Waals surface area contributed by atoms with E-state index >= 15 is 0 Å². The number of nitro benzene ring substituents is 1. The van der Waals surface area contributed by atoms with Gasteiger partial charge in [-0.3, -0.25) is 15.0 Å². The van der Waals surface area contributed by atoms with E-state index in [-0.39, 0.29) is 22.7 Å².